The van der Waals surface area contributed by atoms with Gasteiger partial charge in [0.05, 0.1) is 11.8 Å². The van der Waals surface area contributed by atoms with Crippen LogP contribution in [0.25, 0.3) is 0 Å². The Balaban J connectivity index is 1.71. The van der Waals surface area contributed by atoms with Gasteiger partial charge in [0, 0.05) is 12.6 Å². The van der Waals surface area contributed by atoms with Gasteiger partial charge < -0.3 is 14.2 Å². The van der Waals surface area contributed by atoms with E-state index in [1.165, 1.54) is 11.8 Å². The van der Waals surface area contributed by atoms with Crippen LogP contribution < -0.4 is 14.8 Å². The number of carbonyl (C=O) groups excluding carboxylic acids is 2. The Morgan fingerprint density at radius 3 is 2.69 bits per heavy atom. The van der Waals surface area contributed by atoms with Gasteiger partial charge >= 0.3 is 18.2 Å². The van der Waals surface area contributed by atoms with Crippen molar-refractivity contribution in [3.05, 3.63) is 11.8 Å². The monoisotopic (exact) mass is 442 g/mol. The second kappa shape index (κ2) is 9.43. The first-order chi connectivity index (χ1) is 13.5. The van der Waals surface area contributed by atoms with E-state index in [1.807, 2.05) is 0 Å². The molecule has 0 radical (unpaired) electrons. The predicted molar refractivity (Wildman–Crippen MR) is 92.4 cm³/mol. The molecule has 2 heterocycles. The van der Waals surface area contributed by atoms with Crippen molar-refractivity contribution in [1.82, 2.24) is 20.1 Å². The number of nitrogens with one attached hydrogen (secondary N) is 2. The zero-order chi connectivity index (χ0) is 21.7. The molecule has 29 heavy (non-hydrogen) atoms. The number of imide groups is 1. The third-order valence-electron chi connectivity index (χ3n) is 3.89. The number of unbranched alkanes of at least 4 members (excludes halogenated alkanes) is 2. The number of rotatable bonds is 11. The summed E-state index contributed by atoms with van der Waals surface area (Å²) in [5.41, 5.74) is 0.0791. The third-order valence-corrected chi connectivity index (χ3v) is 5.43. The van der Waals surface area contributed by atoms with Gasteiger partial charge in [0.15, 0.2) is 6.61 Å². The summed E-state index contributed by atoms with van der Waals surface area (Å²) in [5, 5.41) is 5.65. The minimum absolute atomic E-state index is 0.00256. The Labute approximate surface area is 164 Å². The quantitative estimate of drug-likeness (QED) is 0.390. The van der Waals surface area contributed by atoms with E-state index < -0.39 is 40.8 Å². The maximum atomic E-state index is 12.1. The number of urea groups is 1. The summed E-state index contributed by atoms with van der Waals surface area (Å²) in [6.45, 7) is 0.268. The second-order valence-corrected chi connectivity index (χ2v) is 8.34. The predicted octanol–water partition coefficient (Wildman–Crippen LogP) is 1.32. The highest BCUT2D eigenvalue weighted by Gasteiger charge is 2.29. The van der Waals surface area contributed by atoms with Crippen molar-refractivity contribution in [3.63, 3.8) is 0 Å². The number of hydrogen-bond acceptors (Lipinski definition) is 7. The molecule has 1 saturated heterocycles. The normalized spacial score (nSPS) is 16.2. The summed E-state index contributed by atoms with van der Waals surface area (Å²) in [6.07, 6.45) is -3.15. The molecule has 0 saturated carbocycles. The molecule has 2 rings (SSSR count). The maximum Gasteiger partial charge on any atom is 0.422 e. The summed E-state index contributed by atoms with van der Waals surface area (Å²) < 4.78 is 71.9. The molecular formula is C15H21F3N4O6S. The summed E-state index contributed by atoms with van der Waals surface area (Å²) in [5.74, 6) is -1.01. The highest BCUT2D eigenvalue weighted by atomic mass is 32.2. The lowest BCUT2D eigenvalue weighted by molar-refractivity contribution is -0.156. The van der Waals surface area contributed by atoms with Crippen molar-refractivity contribution < 1.29 is 40.4 Å². The van der Waals surface area contributed by atoms with E-state index >= 15 is 0 Å². The Hall–Kier alpha value is -2.35. The lowest BCUT2D eigenvalue weighted by Crippen LogP contribution is -2.30. The van der Waals surface area contributed by atoms with E-state index in [4.69, 9.17) is 0 Å². The van der Waals surface area contributed by atoms with Crippen molar-refractivity contribution in [2.45, 2.75) is 38.4 Å². The number of nitrogens with zero attached hydrogens (tertiary/aromatic N) is 2. The van der Waals surface area contributed by atoms with Gasteiger partial charge in [-0.3, -0.25) is 10.1 Å². The lowest BCUT2D eigenvalue weighted by atomic mass is 10.2. The fraction of sp³-hybridized carbons (Fsp3) is 0.667. The molecule has 0 aromatic carbocycles. The second-order valence-electron chi connectivity index (χ2n) is 6.47. The molecule has 0 spiro atoms. The maximum absolute atomic E-state index is 12.1. The Kier molecular flexibility index (Phi) is 7.46. The van der Waals surface area contributed by atoms with Crippen LogP contribution >= 0.6 is 0 Å². The molecule has 1 atom stereocenters. The molecule has 2 N–H and O–H groups in total. The van der Waals surface area contributed by atoms with Crippen LogP contribution in [0.1, 0.15) is 37.9 Å². The molecule has 0 aliphatic carbocycles. The molecule has 1 fully saturated rings. The molecule has 1 aliphatic heterocycles. The summed E-state index contributed by atoms with van der Waals surface area (Å²) in [4.78, 5) is 23.8. The standard InChI is InChI=1S/C15H21F3N4O6S/c1-10(11-7-13(28-20-11)27-9-15(16,17)18)21-29(25,26)6-4-2-3-5-22-8-12(23)19-14(22)24/h7,10,21H,2-6,8-9H2,1H3,(H,19,23,24). The van der Waals surface area contributed by atoms with Gasteiger partial charge in [-0.15, -0.1) is 0 Å². The van der Waals surface area contributed by atoms with Crippen molar-refractivity contribution >= 4 is 22.0 Å². The number of carbonyl (C=O) groups is 2. The average molecular weight is 442 g/mol. The van der Waals surface area contributed by atoms with E-state index in [2.05, 4.69) is 24.5 Å². The third kappa shape index (κ3) is 7.89. The lowest BCUT2D eigenvalue weighted by Gasteiger charge is -2.13. The summed E-state index contributed by atoms with van der Waals surface area (Å²) in [6, 6.07) is -0.197. The van der Waals surface area contributed by atoms with Crippen molar-refractivity contribution in [1.29, 1.82) is 0 Å². The number of hydrogen-bond donors (Lipinski definition) is 2. The van der Waals surface area contributed by atoms with E-state index in [0.29, 0.717) is 25.8 Å². The minimum atomic E-state index is -4.53. The van der Waals surface area contributed by atoms with Gasteiger partial charge in [-0.05, 0) is 19.8 Å². The Morgan fingerprint density at radius 2 is 2.07 bits per heavy atom. The molecule has 1 unspecified atom stereocenters. The van der Waals surface area contributed by atoms with Crippen LogP contribution in [-0.2, 0) is 14.8 Å². The van der Waals surface area contributed by atoms with Crippen molar-refractivity contribution in [3.8, 4) is 5.95 Å². The van der Waals surface area contributed by atoms with Crippen LogP contribution in [0.4, 0.5) is 18.0 Å². The largest absolute Gasteiger partial charge is 0.454 e. The molecule has 10 nitrogen and oxygen atoms in total. The number of sulfonamides is 1. The molecule has 1 aliphatic rings. The van der Waals surface area contributed by atoms with Gasteiger partial charge in [0.25, 0.3) is 0 Å². The molecule has 14 heteroatoms. The summed E-state index contributed by atoms with van der Waals surface area (Å²) in [7, 11) is -3.67. The first-order valence-corrected chi connectivity index (χ1v) is 10.4. The summed E-state index contributed by atoms with van der Waals surface area (Å²) >= 11 is 0. The molecule has 164 valence electrons. The highest BCUT2D eigenvalue weighted by Crippen LogP contribution is 2.22. The van der Waals surface area contributed by atoms with Crippen LogP contribution in [0.2, 0.25) is 0 Å². The molecule has 1 aromatic heterocycles. The number of halogens is 3. The molecule has 0 bridgehead atoms. The number of aromatic nitrogens is 1. The fourth-order valence-corrected chi connectivity index (χ4v) is 3.88. The number of ether oxygens (including phenoxy) is 1. The Bertz CT molecular complexity index is 826. The van der Waals surface area contributed by atoms with Crippen LogP contribution in [0.5, 0.6) is 5.95 Å². The van der Waals surface area contributed by atoms with Crippen molar-refractivity contribution in [2.24, 2.45) is 0 Å². The van der Waals surface area contributed by atoms with Crippen LogP contribution in [0.15, 0.2) is 10.6 Å². The van der Waals surface area contributed by atoms with E-state index in [1.54, 1.807) is 0 Å². The zero-order valence-corrected chi connectivity index (χ0v) is 16.3. The minimum Gasteiger partial charge on any atom is -0.454 e. The molecule has 1 aromatic rings. The van der Waals surface area contributed by atoms with E-state index in [9.17, 15) is 31.2 Å². The first-order valence-electron chi connectivity index (χ1n) is 8.70. The van der Waals surface area contributed by atoms with Gasteiger partial charge in [-0.2, -0.15) is 13.2 Å². The fourth-order valence-electron chi connectivity index (χ4n) is 2.52. The first kappa shape index (κ1) is 22.9. The average Bonchev–Trinajstić information content (AvgIpc) is 3.18. The molecule has 3 amide bonds. The van der Waals surface area contributed by atoms with Crippen molar-refractivity contribution in [2.75, 3.05) is 25.4 Å². The van der Waals surface area contributed by atoms with Gasteiger partial charge in [-0.1, -0.05) is 11.6 Å². The number of amides is 3. The highest BCUT2D eigenvalue weighted by molar-refractivity contribution is 7.89. The number of alkyl halides is 3. The van der Waals surface area contributed by atoms with Gasteiger partial charge in [-0.25, -0.2) is 17.9 Å². The SMILES string of the molecule is CC(NS(=O)(=O)CCCCCN1CC(=O)NC1=O)c1cc(OCC(F)(F)F)on1. The van der Waals surface area contributed by atoms with Gasteiger partial charge in [0.2, 0.25) is 15.9 Å². The van der Waals surface area contributed by atoms with Crippen LogP contribution in [0.3, 0.4) is 0 Å². The smallest absolute Gasteiger partial charge is 0.422 e. The molecular weight excluding hydrogens is 421 g/mol. The van der Waals surface area contributed by atoms with Crippen LogP contribution in [0, 0.1) is 0 Å². The topological polar surface area (TPSA) is 131 Å². The van der Waals surface area contributed by atoms with Crippen LogP contribution in [-0.4, -0.2) is 62.0 Å². The Morgan fingerprint density at radius 1 is 1.34 bits per heavy atom. The van der Waals surface area contributed by atoms with E-state index in [-0.39, 0.29) is 23.9 Å². The van der Waals surface area contributed by atoms with Gasteiger partial charge in [0.1, 0.15) is 12.2 Å². The van der Waals surface area contributed by atoms with E-state index in [0.717, 1.165) is 6.07 Å². The zero-order valence-electron chi connectivity index (χ0n) is 15.5.